The SMILES string of the molecule is C[C@H]1CN(C(=O)CCCCNC(N)=O)C[C@H]1N1CCOCC1. The van der Waals surface area contributed by atoms with E-state index in [0.717, 1.165) is 52.2 Å². The predicted molar refractivity (Wildman–Crippen MR) is 83.4 cm³/mol. The number of likely N-dealkylation sites (tertiary alicyclic amines) is 1. The van der Waals surface area contributed by atoms with Crippen LogP contribution in [0.3, 0.4) is 0 Å². The number of morpholine rings is 1. The van der Waals surface area contributed by atoms with Crippen molar-refractivity contribution < 1.29 is 14.3 Å². The van der Waals surface area contributed by atoms with Crippen LogP contribution in [-0.4, -0.2) is 73.7 Å². The smallest absolute Gasteiger partial charge is 0.312 e. The van der Waals surface area contributed by atoms with Crippen molar-refractivity contribution in [1.82, 2.24) is 15.1 Å². The largest absolute Gasteiger partial charge is 0.379 e. The van der Waals surface area contributed by atoms with Gasteiger partial charge in [-0.3, -0.25) is 9.69 Å². The molecule has 0 aromatic carbocycles. The van der Waals surface area contributed by atoms with Gasteiger partial charge in [0.15, 0.2) is 0 Å². The molecule has 7 nitrogen and oxygen atoms in total. The van der Waals surface area contributed by atoms with E-state index in [4.69, 9.17) is 10.5 Å². The summed E-state index contributed by atoms with van der Waals surface area (Å²) in [5, 5.41) is 2.54. The summed E-state index contributed by atoms with van der Waals surface area (Å²) in [6.07, 6.45) is 2.11. The van der Waals surface area contributed by atoms with Gasteiger partial charge in [-0.15, -0.1) is 0 Å². The fraction of sp³-hybridized carbons (Fsp3) is 0.867. The van der Waals surface area contributed by atoms with E-state index in [9.17, 15) is 9.59 Å². The van der Waals surface area contributed by atoms with Crippen LogP contribution in [0.4, 0.5) is 4.79 Å². The highest BCUT2D eigenvalue weighted by atomic mass is 16.5. The molecule has 2 atom stereocenters. The second kappa shape index (κ2) is 8.33. The first-order chi connectivity index (χ1) is 10.6. The molecule has 2 heterocycles. The van der Waals surface area contributed by atoms with Crippen LogP contribution in [0.2, 0.25) is 0 Å². The number of nitrogens with zero attached hydrogens (tertiary/aromatic N) is 2. The van der Waals surface area contributed by atoms with Crippen LogP contribution >= 0.6 is 0 Å². The first-order valence-electron chi connectivity index (χ1n) is 8.21. The molecule has 22 heavy (non-hydrogen) atoms. The van der Waals surface area contributed by atoms with Gasteiger partial charge < -0.3 is 20.7 Å². The zero-order valence-electron chi connectivity index (χ0n) is 13.4. The molecular formula is C15H28N4O3. The standard InChI is InChI=1S/C15H28N4O3/c1-12-10-19(11-13(12)18-6-8-22-9-7-18)14(20)4-2-3-5-17-15(16)21/h12-13H,2-11H2,1H3,(H3,16,17,21)/t12-,13+/m0/s1. The average Bonchev–Trinajstić information content (AvgIpc) is 2.89. The zero-order valence-corrected chi connectivity index (χ0v) is 13.4. The van der Waals surface area contributed by atoms with Crippen molar-refractivity contribution in [2.45, 2.75) is 32.2 Å². The lowest BCUT2D eigenvalue weighted by Gasteiger charge is -2.34. The summed E-state index contributed by atoms with van der Waals surface area (Å²) >= 11 is 0. The third-order valence-corrected chi connectivity index (χ3v) is 4.56. The molecule has 7 heteroatoms. The molecule has 0 bridgehead atoms. The van der Waals surface area contributed by atoms with Crippen LogP contribution in [0.25, 0.3) is 0 Å². The zero-order chi connectivity index (χ0) is 15.9. The maximum absolute atomic E-state index is 12.3. The van der Waals surface area contributed by atoms with Gasteiger partial charge in [0.2, 0.25) is 5.91 Å². The number of rotatable bonds is 6. The maximum atomic E-state index is 12.3. The summed E-state index contributed by atoms with van der Waals surface area (Å²) in [6, 6.07) is -0.0441. The number of hydrogen-bond donors (Lipinski definition) is 2. The van der Waals surface area contributed by atoms with Crippen molar-refractivity contribution >= 4 is 11.9 Å². The quantitative estimate of drug-likeness (QED) is 0.676. The number of primary amides is 1. The Hall–Kier alpha value is -1.34. The number of unbranched alkanes of at least 4 members (excludes halogenated alkanes) is 1. The van der Waals surface area contributed by atoms with Gasteiger partial charge >= 0.3 is 6.03 Å². The van der Waals surface area contributed by atoms with E-state index in [1.807, 2.05) is 4.90 Å². The number of carbonyl (C=O) groups is 2. The van der Waals surface area contributed by atoms with Crippen LogP contribution in [0, 0.1) is 5.92 Å². The first-order valence-corrected chi connectivity index (χ1v) is 8.21. The van der Waals surface area contributed by atoms with Crippen LogP contribution in [0.15, 0.2) is 0 Å². The molecule has 0 spiro atoms. The van der Waals surface area contributed by atoms with Gasteiger partial charge in [-0.25, -0.2) is 4.79 Å². The number of ether oxygens (including phenoxy) is 1. The maximum Gasteiger partial charge on any atom is 0.312 e. The molecule has 2 fully saturated rings. The lowest BCUT2D eigenvalue weighted by Crippen LogP contribution is -2.47. The number of carbonyl (C=O) groups excluding carboxylic acids is 2. The monoisotopic (exact) mass is 312 g/mol. The van der Waals surface area contributed by atoms with Gasteiger partial charge in [-0.2, -0.15) is 0 Å². The average molecular weight is 312 g/mol. The molecule has 0 unspecified atom stereocenters. The van der Waals surface area contributed by atoms with Crippen molar-refractivity contribution in [2.75, 3.05) is 45.9 Å². The highest BCUT2D eigenvalue weighted by Crippen LogP contribution is 2.23. The molecule has 2 rings (SSSR count). The van der Waals surface area contributed by atoms with Gasteiger partial charge in [-0.1, -0.05) is 6.92 Å². The molecule has 3 amide bonds. The van der Waals surface area contributed by atoms with Gasteiger partial charge in [-0.05, 0) is 18.8 Å². The van der Waals surface area contributed by atoms with E-state index in [2.05, 4.69) is 17.1 Å². The molecule has 0 aliphatic carbocycles. The van der Waals surface area contributed by atoms with Gasteiger partial charge in [0.1, 0.15) is 0 Å². The third kappa shape index (κ3) is 4.84. The van der Waals surface area contributed by atoms with E-state index in [1.165, 1.54) is 0 Å². The molecule has 126 valence electrons. The van der Waals surface area contributed by atoms with Crippen LogP contribution < -0.4 is 11.1 Å². The molecule has 3 N–H and O–H groups in total. The van der Waals surface area contributed by atoms with Crippen LogP contribution in [-0.2, 0) is 9.53 Å². The Morgan fingerprint density at radius 1 is 1.23 bits per heavy atom. The first kappa shape index (κ1) is 17.0. The number of nitrogens with two attached hydrogens (primary N) is 1. The van der Waals surface area contributed by atoms with Crippen molar-refractivity contribution in [3.05, 3.63) is 0 Å². The molecule has 2 saturated heterocycles. The Bertz CT molecular complexity index is 385. The summed E-state index contributed by atoms with van der Waals surface area (Å²) in [5.74, 6) is 0.736. The molecule has 2 aliphatic rings. The van der Waals surface area contributed by atoms with E-state index in [0.29, 0.717) is 24.9 Å². The highest BCUT2D eigenvalue weighted by molar-refractivity contribution is 5.76. The van der Waals surface area contributed by atoms with E-state index in [-0.39, 0.29) is 5.91 Å². The normalized spacial score (nSPS) is 26.1. The predicted octanol–water partition coefficient (Wildman–Crippen LogP) is 0.00410. The van der Waals surface area contributed by atoms with Gasteiger partial charge in [0.25, 0.3) is 0 Å². The van der Waals surface area contributed by atoms with Crippen molar-refractivity contribution in [3.63, 3.8) is 0 Å². The fourth-order valence-corrected chi connectivity index (χ4v) is 3.31. The molecule has 0 aromatic heterocycles. The van der Waals surface area contributed by atoms with Crippen molar-refractivity contribution in [1.29, 1.82) is 0 Å². The molecule has 0 radical (unpaired) electrons. The second-order valence-corrected chi connectivity index (χ2v) is 6.24. The Balaban J connectivity index is 1.69. The Kier molecular flexibility index (Phi) is 6.45. The molecule has 0 aromatic rings. The molecule has 2 aliphatic heterocycles. The van der Waals surface area contributed by atoms with E-state index < -0.39 is 6.03 Å². The topological polar surface area (TPSA) is 87.9 Å². The molecular weight excluding hydrogens is 284 g/mol. The Labute approximate surface area is 132 Å². The summed E-state index contributed by atoms with van der Waals surface area (Å²) in [4.78, 5) is 27.3. The van der Waals surface area contributed by atoms with Gasteiger partial charge in [0, 0.05) is 45.2 Å². The van der Waals surface area contributed by atoms with Crippen molar-refractivity contribution in [2.24, 2.45) is 11.7 Å². The van der Waals surface area contributed by atoms with Crippen LogP contribution in [0.1, 0.15) is 26.2 Å². The Morgan fingerprint density at radius 3 is 2.64 bits per heavy atom. The summed E-state index contributed by atoms with van der Waals surface area (Å²) < 4.78 is 5.40. The fourth-order valence-electron chi connectivity index (χ4n) is 3.31. The summed E-state index contributed by atoms with van der Waals surface area (Å²) in [6.45, 7) is 7.97. The number of amides is 3. The lowest BCUT2D eigenvalue weighted by molar-refractivity contribution is -0.130. The summed E-state index contributed by atoms with van der Waals surface area (Å²) in [7, 11) is 0. The number of urea groups is 1. The number of nitrogens with one attached hydrogen (secondary N) is 1. The summed E-state index contributed by atoms with van der Waals surface area (Å²) in [5.41, 5.74) is 5.00. The minimum absolute atomic E-state index is 0.224. The van der Waals surface area contributed by atoms with E-state index >= 15 is 0 Å². The lowest BCUT2D eigenvalue weighted by atomic mass is 10.0. The third-order valence-electron chi connectivity index (χ3n) is 4.56. The van der Waals surface area contributed by atoms with Crippen LogP contribution in [0.5, 0.6) is 0 Å². The Morgan fingerprint density at radius 2 is 1.95 bits per heavy atom. The van der Waals surface area contributed by atoms with E-state index in [1.54, 1.807) is 0 Å². The minimum Gasteiger partial charge on any atom is -0.379 e. The molecule has 0 saturated carbocycles. The second-order valence-electron chi connectivity index (χ2n) is 6.24. The van der Waals surface area contributed by atoms with Crippen molar-refractivity contribution in [3.8, 4) is 0 Å². The minimum atomic E-state index is -0.506. The number of hydrogen-bond acceptors (Lipinski definition) is 4. The highest BCUT2D eigenvalue weighted by Gasteiger charge is 2.36. The van der Waals surface area contributed by atoms with Gasteiger partial charge in [0.05, 0.1) is 13.2 Å².